The molecule has 3 N–H and O–H groups in total. The van der Waals surface area contributed by atoms with Crippen LogP contribution < -0.4 is 14.8 Å². The van der Waals surface area contributed by atoms with E-state index in [1.165, 1.54) is 24.3 Å². The van der Waals surface area contributed by atoms with E-state index in [2.05, 4.69) is 14.8 Å². The van der Waals surface area contributed by atoms with Gasteiger partial charge in [-0.1, -0.05) is 6.07 Å². The molecule has 10 heteroatoms. The van der Waals surface area contributed by atoms with Gasteiger partial charge in [0, 0.05) is 24.2 Å². The number of hydrogen-bond acceptors (Lipinski definition) is 5. The van der Waals surface area contributed by atoms with Crippen LogP contribution in [0, 0.1) is 0 Å². The van der Waals surface area contributed by atoms with Crippen LogP contribution in [0.5, 0.6) is 0 Å². The molecule has 0 spiro atoms. The van der Waals surface area contributed by atoms with Gasteiger partial charge in [-0.05, 0) is 56.7 Å². The molecule has 0 aromatic heterocycles. The van der Waals surface area contributed by atoms with Crippen molar-refractivity contribution in [3.05, 3.63) is 24.3 Å². The maximum Gasteiger partial charge on any atom is 0.240 e. The van der Waals surface area contributed by atoms with Gasteiger partial charge >= 0.3 is 0 Å². The normalized spacial score (nSPS) is 28.5. The molecule has 1 aromatic rings. The number of hydrogen-bond donors (Lipinski definition) is 3. The largest absolute Gasteiger partial charge is 0.311 e. The molecule has 2 heterocycles. The van der Waals surface area contributed by atoms with Gasteiger partial charge in [-0.2, -0.15) is 0 Å². The lowest BCUT2D eigenvalue weighted by molar-refractivity contribution is 0.345. The van der Waals surface area contributed by atoms with Gasteiger partial charge in [0.05, 0.1) is 9.79 Å². The highest BCUT2D eigenvalue weighted by atomic mass is 35.5. The van der Waals surface area contributed by atoms with Crippen LogP contribution in [0.4, 0.5) is 0 Å². The fourth-order valence-corrected chi connectivity index (χ4v) is 6.47. The quantitative estimate of drug-likeness (QED) is 0.638. The molecule has 2 unspecified atom stereocenters. The SMILES string of the molecule is Cl.O=S(=O)(NC1CC1)c1cccc(S(=O)(=O)NC2CC3CCC(C2)N3)c1. The van der Waals surface area contributed by atoms with E-state index in [0.29, 0.717) is 12.1 Å². The average Bonchev–Trinajstić information content (AvgIpc) is 3.29. The fourth-order valence-electron chi connectivity index (χ4n) is 3.74. The molecule has 1 aliphatic carbocycles. The second-order valence-corrected chi connectivity index (χ2v) is 10.7. The van der Waals surface area contributed by atoms with E-state index in [1.807, 2.05) is 0 Å². The van der Waals surface area contributed by atoms with E-state index in [1.54, 1.807) is 0 Å². The summed E-state index contributed by atoms with van der Waals surface area (Å²) in [6, 6.07) is 6.21. The van der Waals surface area contributed by atoms with Gasteiger partial charge < -0.3 is 5.32 Å². The van der Waals surface area contributed by atoms with Crippen molar-refractivity contribution in [3.63, 3.8) is 0 Å². The highest BCUT2D eigenvalue weighted by molar-refractivity contribution is 7.90. The monoisotopic (exact) mass is 421 g/mol. The van der Waals surface area contributed by atoms with Crippen LogP contribution in [0.3, 0.4) is 0 Å². The minimum absolute atomic E-state index is 0. The highest BCUT2D eigenvalue weighted by Crippen LogP contribution is 2.28. The molecule has 3 fully saturated rings. The van der Waals surface area contributed by atoms with Gasteiger partial charge in [0.1, 0.15) is 0 Å². The molecule has 3 aliphatic rings. The van der Waals surface area contributed by atoms with Gasteiger partial charge in [0.15, 0.2) is 0 Å². The zero-order valence-electron chi connectivity index (χ0n) is 14.2. The Morgan fingerprint density at radius 2 is 1.31 bits per heavy atom. The summed E-state index contributed by atoms with van der Waals surface area (Å²) < 4.78 is 55.4. The van der Waals surface area contributed by atoms with Gasteiger partial charge in [0.25, 0.3) is 0 Å². The number of piperidine rings is 1. The predicted molar refractivity (Wildman–Crippen MR) is 100 cm³/mol. The molecule has 1 aromatic carbocycles. The van der Waals surface area contributed by atoms with Gasteiger partial charge in [-0.25, -0.2) is 26.3 Å². The Morgan fingerprint density at radius 3 is 1.81 bits per heavy atom. The molecule has 2 bridgehead atoms. The molecule has 146 valence electrons. The summed E-state index contributed by atoms with van der Waals surface area (Å²) in [5, 5.41) is 3.48. The van der Waals surface area contributed by atoms with Crippen molar-refractivity contribution in [2.45, 2.75) is 72.5 Å². The van der Waals surface area contributed by atoms with Crippen molar-refractivity contribution in [1.82, 2.24) is 14.8 Å². The maximum absolute atomic E-state index is 12.7. The zero-order chi connectivity index (χ0) is 17.7. The molecule has 2 saturated heterocycles. The summed E-state index contributed by atoms with van der Waals surface area (Å²) in [5.74, 6) is 0. The first-order valence-electron chi connectivity index (χ1n) is 8.73. The Bertz CT molecular complexity index is 859. The molecule has 1 saturated carbocycles. The van der Waals surface area contributed by atoms with Crippen molar-refractivity contribution in [2.75, 3.05) is 0 Å². The lowest BCUT2D eigenvalue weighted by Crippen LogP contribution is -2.47. The summed E-state index contributed by atoms with van der Waals surface area (Å²) in [4.78, 5) is -0.00953. The van der Waals surface area contributed by atoms with Crippen LogP contribution in [0.2, 0.25) is 0 Å². The Hall–Kier alpha value is -0.710. The summed E-state index contributed by atoms with van der Waals surface area (Å²) >= 11 is 0. The second-order valence-electron chi connectivity index (χ2n) is 7.30. The smallest absolute Gasteiger partial charge is 0.240 e. The van der Waals surface area contributed by atoms with Crippen LogP contribution in [0.15, 0.2) is 34.1 Å². The van der Waals surface area contributed by atoms with Crippen LogP contribution in [0.1, 0.15) is 38.5 Å². The van der Waals surface area contributed by atoms with E-state index >= 15 is 0 Å². The first-order chi connectivity index (χ1) is 11.8. The molecule has 4 rings (SSSR count). The van der Waals surface area contributed by atoms with Crippen LogP contribution in [-0.4, -0.2) is 41.0 Å². The number of fused-ring (bicyclic) bond motifs is 2. The highest BCUT2D eigenvalue weighted by Gasteiger charge is 2.35. The number of halogens is 1. The summed E-state index contributed by atoms with van der Waals surface area (Å²) in [7, 11) is -7.42. The van der Waals surface area contributed by atoms with E-state index in [-0.39, 0.29) is 34.3 Å². The van der Waals surface area contributed by atoms with Crippen LogP contribution in [-0.2, 0) is 20.0 Å². The predicted octanol–water partition coefficient (Wildman–Crippen LogP) is 1.11. The third kappa shape index (κ3) is 4.40. The third-order valence-corrected chi connectivity index (χ3v) is 8.16. The number of nitrogens with one attached hydrogen (secondary N) is 3. The van der Waals surface area contributed by atoms with Crippen molar-refractivity contribution in [2.24, 2.45) is 0 Å². The van der Waals surface area contributed by atoms with E-state index < -0.39 is 20.0 Å². The molecular formula is C16H24ClN3O4S2. The topological polar surface area (TPSA) is 104 Å². The molecular weight excluding hydrogens is 398 g/mol. The molecule has 2 atom stereocenters. The average molecular weight is 422 g/mol. The van der Waals surface area contributed by atoms with Crippen molar-refractivity contribution in [3.8, 4) is 0 Å². The van der Waals surface area contributed by atoms with E-state index in [0.717, 1.165) is 38.5 Å². The number of sulfonamides is 2. The first kappa shape index (κ1) is 20.0. The van der Waals surface area contributed by atoms with Crippen LogP contribution in [0.25, 0.3) is 0 Å². The Labute approximate surface area is 160 Å². The second kappa shape index (κ2) is 7.37. The van der Waals surface area contributed by atoms with E-state index in [4.69, 9.17) is 0 Å². The molecule has 2 aliphatic heterocycles. The Morgan fingerprint density at radius 1 is 0.808 bits per heavy atom. The van der Waals surface area contributed by atoms with Crippen molar-refractivity contribution in [1.29, 1.82) is 0 Å². The van der Waals surface area contributed by atoms with Gasteiger partial charge in [-0.3, -0.25) is 0 Å². The van der Waals surface area contributed by atoms with Gasteiger partial charge in [0.2, 0.25) is 20.0 Å². The standard InChI is InChI=1S/C16H23N3O4S2.ClH/c20-24(21,18-11-4-5-11)15-2-1-3-16(10-15)25(22,23)19-14-8-12-6-7-13(9-14)17-12;/h1-3,10-14,17-19H,4-9H2;1H. The zero-order valence-corrected chi connectivity index (χ0v) is 16.7. The summed E-state index contributed by atoms with van der Waals surface area (Å²) in [6.07, 6.45) is 5.38. The molecule has 0 amide bonds. The third-order valence-electron chi connectivity index (χ3n) is 5.12. The minimum Gasteiger partial charge on any atom is -0.311 e. The lowest BCUT2D eigenvalue weighted by Gasteiger charge is -2.29. The fraction of sp³-hybridized carbons (Fsp3) is 0.625. The first-order valence-corrected chi connectivity index (χ1v) is 11.7. The minimum atomic E-state index is -3.74. The van der Waals surface area contributed by atoms with Gasteiger partial charge in [-0.15, -0.1) is 12.4 Å². The van der Waals surface area contributed by atoms with Crippen LogP contribution >= 0.6 is 12.4 Å². The molecule has 7 nitrogen and oxygen atoms in total. The number of rotatable bonds is 6. The summed E-state index contributed by atoms with van der Waals surface area (Å²) in [5.41, 5.74) is 0. The molecule has 0 radical (unpaired) electrons. The summed E-state index contributed by atoms with van der Waals surface area (Å²) in [6.45, 7) is 0. The maximum atomic E-state index is 12.7. The lowest BCUT2D eigenvalue weighted by atomic mass is 10.0. The Kier molecular flexibility index (Phi) is 5.68. The van der Waals surface area contributed by atoms with Crippen molar-refractivity contribution >= 4 is 32.5 Å². The number of benzene rings is 1. The Balaban J connectivity index is 0.00000196. The van der Waals surface area contributed by atoms with Crippen molar-refractivity contribution < 1.29 is 16.8 Å². The van der Waals surface area contributed by atoms with E-state index in [9.17, 15) is 16.8 Å². The molecule has 26 heavy (non-hydrogen) atoms.